The predicted octanol–water partition coefficient (Wildman–Crippen LogP) is 2.60. The van der Waals surface area contributed by atoms with Gasteiger partial charge in [-0.15, -0.1) is 0 Å². The number of amidine groups is 1. The molecule has 0 bridgehead atoms. The van der Waals surface area contributed by atoms with Crippen LogP contribution in [-0.2, 0) is 6.42 Å². The zero-order valence-electron chi connectivity index (χ0n) is 11.8. The molecule has 2 rings (SSSR count). The van der Waals surface area contributed by atoms with Crippen LogP contribution in [0.4, 0.5) is 10.1 Å². The van der Waals surface area contributed by atoms with Gasteiger partial charge in [0.15, 0.2) is 5.84 Å². The molecule has 5 heteroatoms. The maximum Gasteiger partial charge on any atom is 0.172 e. The maximum absolute atomic E-state index is 13.3. The number of rotatable bonds is 5. The SMILES string of the molecule is CN(CCc1ccccc1)c1ccc(F)cc1C(N)=NO. The molecule has 0 radical (unpaired) electrons. The smallest absolute Gasteiger partial charge is 0.172 e. The number of nitrogens with zero attached hydrogens (tertiary/aromatic N) is 2. The molecule has 21 heavy (non-hydrogen) atoms. The number of benzene rings is 2. The molecule has 0 aliphatic heterocycles. The van der Waals surface area contributed by atoms with Gasteiger partial charge in [0.1, 0.15) is 5.82 Å². The predicted molar refractivity (Wildman–Crippen MR) is 82.3 cm³/mol. The van der Waals surface area contributed by atoms with Gasteiger partial charge in [0.2, 0.25) is 0 Å². The van der Waals surface area contributed by atoms with Crippen LogP contribution >= 0.6 is 0 Å². The minimum Gasteiger partial charge on any atom is -0.409 e. The zero-order valence-corrected chi connectivity index (χ0v) is 11.8. The number of hydrogen-bond acceptors (Lipinski definition) is 3. The average Bonchev–Trinajstić information content (AvgIpc) is 2.52. The van der Waals surface area contributed by atoms with Gasteiger partial charge in [-0.2, -0.15) is 0 Å². The molecule has 3 N–H and O–H groups in total. The second-order valence-corrected chi connectivity index (χ2v) is 4.80. The standard InChI is InChI=1S/C16H18FN3O/c1-20(10-9-12-5-3-2-4-6-12)15-8-7-13(17)11-14(15)16(18)19-21/h2-8,11,21H,9-10H2,1H3,(H2,18,19). The molecule has 0 amide bonds. The van der Waals surface area contributed by atoms with E-state index in [9.17, 15) is 4.39 Å². The molecular weight excluding hydrogens is 269 g/mol. The average molecular weight is 287 g/mol. The Balaban J connectivity index is 2.17. The van der Waals surface area contributed by atoms with Crippen molar-refractivity contribution in [3.05, 3.63) is 65.5 Å². The van der Waals surface area contributed by atoms with Crippen LogP contribution in [0.5, 0.6) is 0 Å². The van der Waals surface area contributed by atoms with Crippen LogP contribution in [0.1, 0.15) is 11.1 Å². The Hall–Kier alpha value is -2.56. The van der Waals surface area contributed by atoms with Crippen LogP contribution in [0.2, 0.25) is 0 Å². The summed E-state index contributed by atoms with van der Waals surface area (Å²) >= 11 is 0. The van der Waals surface area contributed by atoms with Gasteiger partial charge in [0.05, 0.1) is 0 Å². The minimum absolute atomic E-state index is 0.101. The minimum atomic E-state index is -0.420. The topological polar surface area (TPSA) is 61.8 Å². The number of nitrogens with two attached hydrogens (primary N) is 1. The summed E-state index contributed by atoms with van der Waals surface area (Å²) in [5.74, 6) is -0.520. The lowest BCUT2D eigenvalue weighted by molar-refractivity contribution is 0.318. The van der Waals surface area contributed by atoms with Crippen molar-refractivity contribution in [2.75, 3.05) is 18.5 Å². The Labute approximate surface area is 123 Å². The highest BCUT2D eigenvalue weighted by Gasteiger charge is 2.12. The van der Waals surface area contributed by atoms with Crippen molar-refractivity contribution in [2.45, 2.75) is 6.42 Å². The fourth-order valence-corrected chi connectivity index (χ4v) is 2.16. The Morgan fingerprint density at radius 2 is 1.95 bits per heavy atom. The molecule has 4 nitrogen and oxygen atoms in total. The largest absolute Gasteiger partial charge is 0.409 e. The van der Waals surface area contributed by atoms with Gasteiger partial charge >= 0.3 is 0 Å². The molecule has 0 aromatic heterocycles. The molecule has 0 spiro atoms. The van der Waals surface area contributed by atoms with Crippen LogP contribution < -0.4 is 10.6 Å². The number of halogens is 1. The van der Waals surface area contributed by atoms with Crippen LogP contribution in [-0.4, -0.2) is 24.6 Å². The van der Waals surface area contributed by atoms with Gasteiger partial charge in [-0.3, -0.25) is 0 Å². The number of anilines is 1. The monoisotopic (exact) mass is 287 g/mol. The maximum atomic E-state index is 13.3. The van der Waals surface area contributed by atoms with E-state index in [-0.39, 0.29) is 5.84 Å². The number of hydrogen-bond donors (Lipinski definition) is 2. The van der Waals surface area contributed by atoms with E-state index in [0.29, 0.717) is 5.56 Å². The van der Waals surface area contributed by atoms with Crippen LogP contribution in [0.25, 0.3) is 0 Å². The molecule has 0 aliphatic carbocycles. The van der Waals surface area contributed by atoms with Crippen molar-refractivity contribution in [1.82, 2.24) is 0 Å². The van der Waals surface area contributed by atoms with E-state index in [1.54, 1.807) is 6.07 Å². The molecule has 0 saturated carbocycles. The van der Waals surface area contributed by atoms with Gasteiger partial charge in [-0.05, 0) is 30.2 Å². The van der Waals surface area contributed by atoms with Gasteiger partial charge in [-0.25, -0.2) is 4.39 Å². The lowest BCUT2D eigenvalue weighted by Crippen LogP contribution is -2.25. The van der Waals surface area contributed by atoms with Crippen LogP contribution in [0.3, 0.4) is 0 Å². The van der Waals surface area contributed by atoms with Gasteiger partial charge in [0.25, 0.3) is 0 Å². The van der Waals surface area contributed by atoms with Gasteiger partial charge in [-0.1, -0.05) is 35.5 Å². The summed E-state index contributed by atoms with van der Waals surface area (Å²) in [5.41, 5.74) is 7.94. The summed E-state index contributed by atoms with van der Waals surface area (Å²) in [5, 5.41) is 11.8. The Morgan fingerprint density at radius 1 is 1.24 bits per heavy atom. The lowest BCUT2D eigenvalue weighted by Gasteiger charge is -2.22. The van der Waals surface area contributed by atoms with Crippen molar-refractivity contribution in [3.8, 4) is 0 Å². The summed E-state index contributed by atoms with van der Waals surface area (Å²) in [6, 6.07) is 14.3. The second kappa shape index (κ2) is 6.74. The molecule has 0 heterocycles. The summed E-state index contributed by atoms with van der Waals surface area (Å²) < 4.78 is 13.3. The molecule has 2 aromatic carbocycles. The lowest BCUT2D eigenvalue weighted by atomic mass is 10.1. The van der Waals surface area contributed by atoms with Crippen LogP contribution in [0.15, 0.2) is 53.7 Å². The first-order chi connectivity index (χ1) is 10.1. The molecule has 0 unspecified atom stereocenters. The van der Waals surface area contributed by atoms with E-state index >= 15 is 0 Å². The van der Waals surface area contributed by atoms with Gasteiger partial charge < -0.3 is 15.8 Å². The number of likely N-dealkylation sites (N-methyl/N-ethyl adjacent to an activating group) is 1. The van der Waals surface area contributed by atoms with Crippen molar-refractivity contribution in [3.63, 3.8) is 0 Å². The number of oxime groups is 1. The highest BCUT2D eigenvalue weighted by molar-refractivity contribution is 6.02. The summed E-state index contributed by atoms with van der Waals surface area (Å²) in [6.07, 6.45) is 0.852. The van der Waals surface area contributed by atoms with Gasteiger partial charge in [0, 0.05) is 24.8 Å². The first-order valence-corrected chi connectivity index (χ1v) is 6.64. The first-order valence-electron chi connectivity index (χ1n) is 6.64. The van der Waals surface area contributed by atoms with E-state index < -0.39 is 5.82 Å². The van der Waals surface area contributed by atoms with E-state index in [1.807, 2.05) is 30.1 Å². The molecule has 0 aliphatic rings. The molecular formula is C16H18FN3O. The van der Waals surface area contributed by atoms with Crippen LogP contribution in [0, 0.1) is 5.82 Å². The van der Waals surface area contributed by atoms with E-state index in [0.717, 1.165) is 18.7 Å². The molecule has 0 fully saturated rings. The molecule has 0 saturated heterocycles. The summed E-state index contributed by atoms with van der Waals surface area (Å²) in [6.45, 7) is 0.737. The van der Waals surface area contributed by atoms with E-state index in [2.05, 4.69) is 17.3 Å². The fraction of sp³-hybridized carbons (Fsp3) is 0.188. The van der Waals surface area contributed by atoms with E-state index in [1.165, 1.54) is 17.7 Å². The second-order valence-electron chi connectivity index (χ2n) is 4.80. The van der Waals surface area contributed by atoms with E-state index in [4.69, 9.17) is 10.9 Å². The summed E-state index contributed by atoms with van der Waals surface area (Å²) in [7, 11) is 1.89. The normalized spacial score (nSPS) is 11.4. The molecule has 2 aromatic rings. The molecule has 0 atom stereocenters. The fourth-order valence-electron chi connectivity index (χ4n) is 2.16. The van der Waals surface area contributed by atoms with Crippen molar-refractivity contribution >= 4 is 11.5 Å². The Morgan fingerprint density at radius 3 is 2.62 bits per heavy atom. The first kappa shape index (κ1) is 14.8. The molecule has 110 valence electrons. The van der Waals surface area contributed by atoms with Crippen molar-refractivity contribution in [1.29, 1.82) is 0 Å². The highest BCUT2D eigenvalue weighted by atomic mass is 19.1. The highest BCUT2D eigenvalue weighted by Crippen LogP contribution is 2.21. The quantitative estimate of drug-likeness (QED) is 0.384. The van der Waals surface area contributed by atoms with Crippen molar-refractivity contribution < 1.29 is 9.60 Å². The Kier molecular flexibility index (Phi) is 4.77. The van der Waals surface area contributed by atoms with Crippen molar-refractivity contribution in [2.24, 2.45) is 10.9 Å². The third-order valence-corrected chi connectivity index (χ3v) is 3.33. The third kappa shape index (κ3) is 3.72. The third-order valence-electron chi connectivity index (χ3n) is 3.33. The summed E-state index contributed by atoms with van der Waals surface area (Å²) in [4.78, 5) is 1.96. The zero-order chi connectivity index (χ0) is 15.2. The Bertz CT molecular complexity index is 629.